The van der Waals surface area contributed by atoms with Crippen LogP contribution in [-0.2, 0) is 25.7 Å². The summed E-state index contributed by atoms with van der Waals surface area (Å²) in [5.41, 5.74) is 4.38. The quantitative estimate of drug-likeness (QED) is 0.155. The van der Waals surface area contributed by atoms with E-state index in [1.807, 2.05) is 57.5 Å². The minimum atomic E-state index is -0.776. The summed E-state index contributed by atoms with van der Waals surface area (Å²) >= 11 is 4.99. The summed E-state index contributed by atoms with van der Waals surface area (Å²) in [6, 6.07) is 7.22. The Labute approximate surface area is 269 Å². The van der Waals surface area contributed by atoms with E-state index in [2.05, 4.69) is 26.2 Å². The van der Waals surface area contributed by atoms with Gasteiger partial charge in [0.25, 0.3) is 0 Å². The molecule has 238 valence electrons. The number of ketones is 1. The lowest BCUT2D eigenvalue weighted by Gasteiger charge is -2.34. The first-order valence-corrected chi connectivity index (χ1v) is 17.4. The largest absolute Gasteiger partial charge is 0.391 e. The van der Waals surface area contributed by atoms with Crippen LogP contribution in [0.3, 0.4) is 0 Å². The third kappa shape index (κ3) is 11.1. The number of hydrogen-bond acceptors (Lipinski definition) is 7. The highest BCUT2D eigenvalue weighted by atomic mass is 79.9. The minimum Gasteiger partial charge on any atom is -0.391 e. The average molecular weight is 679 g/mol. The zero-order valence-corrected chi connectivity index (χ0v) is 28.5. The van der Waals surface area contributed by atoms with Crippen LogP contribution in [0.4, 0.5) is 0 Å². The van der Waals surface area contributed by atoms with E-state index in [0.29, 0.717) is 13.0 Å². The van der Waals surface area contributed by atoms with Gasteiger partial charge in [-0.05, 0) is 42.7 Å². The van der Waals surface area contributed by atoms with Crippen molar-refractivity contribution in [3.05, 3.63) is 41.0 Å². The van der Waals surface area contributed by atoms with Gasteiger partial charge in [0.15, 0.2) is 0 Å². The number of nitrogens with zero attached hydrogens (tertiary/aromatic N) is 2. The number of carbonyl (C=O) groups excluding carboxylic acids is 3. The molecule has 2 amide bonds. The van der Waals surface area contributed by atoms with Gasteiger partial charge in [0.05, 0.1) is 22.2 Å². The fourth-order valence-electron chi connectivity index (χ4n) is 5.40. The number of aromatic nitrogens is 1. The van der Waals surface area contributed by atoms with Crippen molar-refractivity contribution in [2.75, 3.05) is 25.1 Å². The molecule has 10 heteroatoms. The zero-order chi connectivity index (χ0) is 31.4. The summed E-state index contributed by atoms with van der Waals surface area (Å²) in [4.78, 5) is 47.0. The molecule has 0 radical (unpaired) electrons. The van der Waals surface area contributed by atoms with E-state index < -0.39 is 23.5 Å². The number of β-amino-alcohol motifs (C(OH)–C–C–N with tert-alkyl or cyclic N) is 1. The predicted octanol–water partition coefficient (Wildman–Crippen LogP) is 6.07. The van der Waals surface area contributed by atoms with Gasteiger partial charge in [0, 0.05) is 56.8 Å². The van der Waals surface area contributed by atoms with E-state index in [1.54, 1.807) is 11.3 Å². The second kappa shape index (κ2) is 17.4. The molecule has 2 aromatic rings. The molecule has 1 aromatic carbocycles. The van der Waals surface area contributed by atoms with Crippen molar-refractivity contribution in [2.24, 2.45) is 11.3 Å². The summed E-state index contributed by atoms with van der Waals surface area (Å²) < 4.78 is 5.57. The van der Waals surface area contributed by atoms with Crippen LogP contribution in [0.25, 0.3) is 10.4 Å². The molecule has 3 rings (SSSR count). The van der Waals surface area contributed by atoms with Gasteiger partial charge in [0.1, 0.15) is 11.8 Å². The number of carbonyl (C=O) groups is 3. The summed E-state index contributed by atoms with van der Waals surface area (Å²) in [5.74, 6) is -1.02. The SMILES string of the molecule is Cc1ncsc1-c1ccc(CNC(=O)[C@@H]2C[C@@H](O)CN2C(=O)[C@@H](CC(=O)CCCCCCOCCCBr)C(C)(C)C)cc1. The molecule has 1 fully saturated rings. The first kappa shape index (κ1) is 35.3. The van der Waals surface area contributed by atoms with Crippen LogP contribution in [-0.4, -0.2) is 69.8 Å². The number of Topliss-reactive ketones (excluding diaryl/α,β-unsaturated/α-hetero) is 1. The molecule has 0 bridgehead atoms. The number of aliphatic hydroxyl groups excluding tert-OH is 1. The van der Waals surface area contributed by atoms with Crippen LogP contribution in [0.1, 0.15) is 83.4 Å². The Balaban J connectivity index is 1.52. The molecule has 2 N–H and O–H groups in total. The van der Waals surface area contributed by atoms with Gasteiger partial charge in [-0.25, -0.2) is 4.98 Å². The van der Waals surface area contributed by atoms with Crippen molar-refractivity contribution in [3.8, 4) is 10.4 Å². The molecule has 3 atom stereocenters. The average Bonchev–Trinajstić information content (AvgIpc) is 3.58. The van der Waals surface area contributed by atoms with Crippen LogP contribution < -0.4 is 5.32 Å². The maximum atomic E-state index is 13.8. The zero-order valence-electron chi connectivity index (χ0n) is 26.1. The lowest BCUT2D eigenvalue weighted by atomic mass is 9.76. The molecule has 1 aliphatic heterocycles. The number of benzene rings is 1. The number of rotatable bonds is 17. The van der Waals surface area contributed by atoms with Crippen molar-refractivity contribution < 1.29 is 24.2 Å². The molecule has 0 unspecified atom stereocenters. The van der Waals surface area contributed by atoms with E-state index in [0.717, 1.165) is 72.3 Å². The first-order chi connectivity index (χ1) is 20.5. The second-order valence-corrected chi connectivity index (χ2v) is 14.2. The Hall–Kier alpha value is -2.14. The van der Waals surface area contributed by atoms with Crippen LogP contribution in [0.15, 0.2) is 29.8 Å². The van der Waals surface area contributed by atoms with Gasteiger partial charge in [-0.3, -0.25) is 14.4 Å². The lowest BCUT2D eigenvalue weighted by Crippen LogP contribution is -2.50. The van der Waals surface area contributed by atoms with E-state index in [1.165, 1.54) is 4.90 Å². The Morgan fingerprint density at radius 1 is 1.12 bits per heavy atom. The van der Waals surface area contributed by atoms with Gasteiger partial charge in [-0.15, -0.1) is 11.3 Å². The van der Waals surface area contributed by atoms with Gasteiger partial charge in [0.2, 0.25) is 11.8 Å². The van der Waals surface area contributed by atoms with Crippen molar-refractivity contribution in [1.29, 1.82) is 0 Å². The minimum absolute atomic E-state index is 0.0690. The number of aliphatic hydroxyl groups is 1. The van der Waals surface area contributed by atoms with Crippen molar-refractivity contribution >= 4 is 44.9 Å². The topological polar surface area (TPSA) is 109 Å². The highest BCUT2D eigenvalue weighted by Crippen LogP contribution is 2.34. The number of nitrogens with one attached hydrogen (secondary N) is 1. The monoisotopic (exact) mass is 677 g/mol. The van der Waals surface area contributed by atoms with Crippen molar-refractivity contribution in [1.82, 2.24) is 15.2 Å². The number of thiazole rings is 1. The molecule has 1 aliphatic rings. The number of halogens is 1. The Bertz CT molecular complexity index is 1180. The van der Waals surface area contributed by atoms with Crippen LogP contribution in [0.2, 0.25) is 0 Å². The number of likely N-dealkylation sites (tertiary alicyclic amines) is 1. The Morgan fingerprint density at radius 3 is 2.47 bits per heavy atom. The fourth-order valence-corrected chi connectivity index (χ4v) is 6.44. The first-order valence-electron chi connectivity index (χ1n) is 15.4. The Morgan fingerprint density at radius 2 is 1.81 bits per heavy atom. The lowest BCUT2D eigenvalue weighted by molar-refractivity contribution is -0.146. The third-order valence-corrected chi connectivity index (χ3v) is 9.52. The molecule has 1 aromatic heterocycles. The van der Waals surface area contributed by atoms with Crippen LogP contribution in [0.5, 0.6) is 0 Å². The smallest absolute Gasteiger partial charge is 0.243 e. The molecular weight excluding hydrogens is 630 g/mol. The molecule has 0 spiro atoms. The normalized spacial score (nSPS) is 17.7. The molecular formula is C33H48BrN3O5S. The summed E-state index contributed by atoms with van der Waals surface area (Å²) in [6.07, 6.45) is 4.75. The molecule has 43 heavy (non-hydrogen) atoms. The summed E-state index contributed by atoms with van der Waals surface area (Å²) in [7, 11) is 0. The highest BCUT2D eigenvalue weighted by Gasteiger charge is 2.44. The molecule has 8 nitrogen and oxygen atoms in total. The highest BCUT2D eigenvalue weighted by molar-refractivity contribution is 9.09. The Kier molecular flexibility index (Phi) is 14.3. The van der Waals surface area contributed by atoms with E-state index in [9.17, 15) is 19.5 Å². The van der Waals surface area contributed by atoms with E-state index >= 15 is 0 Å². The molecule has 2 heterocycles. The number of aryl methyl sites for hydroxylation is 1. The molecule has 0 saturated carbocycles. The number of ether oxygens (including phenoxy) is 1. The van der Waals surface area contributed by atoms with Gasteiger partial charge in [-0.2, -0.15) is 0 Å². The second-order valence-electron chi connectivity index (χ2n) is 12.6. The summed E-state index contributed by atoms with van der Waals surface area (Å²) in [5, 5.41) is 14.4. The van der Waals surface area contributed by atoms with Crippen molar-refractivity contribution in [2.45, 2.75) is 97.8 Å². The number of unbranched alkanes of at least 4 members (excludes halogenated alkanes) is 3. The third-order valence-electron chi connectivity index (χ3n) is 7.98. The van der Waals surface area contributed by atoms with Gasteiger partial charge in [-0.1, -0.05) is 73.8 Å². The van der Waals surface area contributed by atoms with Gasteiger partial charge >= 0.3 is 0 Å². The maximum Gasteiger partial charge on any atom is 0.243 e. The van der Waals surface area contributed by atoms with Crippen molar-refractivity contribution in [3.63, 3.8) is 0 Å². The predicted molar refractivity (Wildman–Crippen MR) is 175 cm³/mol. The molecule has 0 aliphatic carbocycles. The van der Waals surface area contributed by atoms with Crippen LogP contribution >= 0.6 is 27.3 Å². The number of hydrogen-bond donors (Lipinski definition) is 2. The van der Waals surface area contributed by atoms with Gasteiger partial charge < -0.3 is 20.1 Å². The molecule has 1 saturated heterocycles. The number of alkyl halides is 1. The van der Waals surface area contributed by atoms with Crippen LogP contribution in [0, 0.1) is 18.3 Å². The maximum absolute atomic E-state index is 13.8. The fraction of sp³-hybridized carbons (Fsp3) is 0.636. The van der Waals surface area contributed by atoms with E-state index in [-0.39, 0.29) is 37.0 Å². The number of amides is 2. The van der Waals surface area contributed by atoms with E-state index in [4.69, 9.17) is 4.74 Å². The summed E-state index contributed by atoms with van der Waals surface area (Å²) in [6.45, 7) is 9.78. The standard InChI is InChI=1S/C33H48BrN3O5S/c1-23-30(43-22-36-23)25-13-11-24(12-14-25)20-35-31(40)29-19-27(39)21-37(29)32(41)28(33(2,3)4)18-26(38)10-7-5-6-8-16-42-17-9-15-34/h11-14,22,27-29,39H,5-10,15-21H2,1-4H3,(H,35,40)/t27-,28-,29+/m1/s1.